The Morgan fingerprint density at radius 1 is 1.22 bits per heavy atom. The maximum absolute atomic E-state index is 12.7. The van der Waals surface area contributed by atoms with Crippen LogP contribution in [0.5, 0.6) is 5.75 Å². The van der Waals surface area contributed by atoms with Gasteiger partial charge in [0.25, 0.3) is 0 Å². The van der Waals surface area contributed by atoms with Crippen LogP contribution in [-0.2, 0) is 24.1 Å². The molecule has 0 radical (unpaired) electrons. The molecule has 3 aromatic rings. The van der Waals surface area contributed by atoms with Crippen LogP contribution >= 0.6 is 11.6 Å². The van der Waals surface area contributed by atoms with Crippen LogP contribution in [-0.4, -0.2) is 17.5 Å². The maximum atomic E-state index is 12.7. The topological polar surface area (TPSA) is 54.1 Å². The van der Waals surface area contributed by atoms with Gasteiger partial charge in [-0.05, 0) is 60.2 Å². The molecule has 0 unspecified atom stereocenters. The molecule has 2 aliphatic rings. The highest BCUT2D eigenvalue weighted by molar-refractivity contribution is 6.31. The normalized spacial score (nSPS) is 18.0. The predicted molar refractivity (Wildman–Crippen MR) is 106 cm³/mol. The lowest BCUT2D eigenvalue weighted by atomic mass is 9.91. The fourth-order valence-electron chi connectivity index (χ4n) is 4.33. The molecule has 4 nitrogen and oxygen atoms in total. The zero-order valence-corrected chi connectivity index (χ0v) is 15.7. The second-order valence-electron chi connectivity index (χ2n) is 7.44. The summed E-state index contributed by atoms with van der Waals surface area (Å²) in [6.07, 6.45) is 4.35. The van der Waals surface area contributed by atoms with Crippen molar-refractivity contribution in [3.63, 3.8) is 0 Å². The summed E-state index contributed by atoms with van der Waals surface area (Å²) in [6, 6.07) is 12.1. The lowest BCUT2D eigenvalue weighted by Gasteiger charge is -2.24. The summed E-state index contributed by atoms with van der Waals surface area (Å²) in [5.41, 5.74) is 5.72. The first-order valence-electron chi connectivity index (χ1n) is 9.51. The number of aryl methyl sites for hydroxylation is 1. The van der Waals surface area contributed by atoms with Crippen molar-refractivity contribution in [3.8, 4) is 5.75 Å². The number of amides is 1. The zero-order valence-electron chi connectivity index (χ0n) is 15.0. The number of ether oxygens (including phenoxy) is 1. The predicted octanol–water partition coefficient (Wildman–Crippen LogP) is 4.49. The Kier molecular flexibility index (Phi) is 4.09. The highest BCUT2D eigenvalue weighted by Crippen LogP contribution is 2.36. The Bertz CT molecular complexity index is 1040. The van der Waals surface area contributed by atoms with Gasteiger partial charge in [-0.1, -0.05) is 23.7 Å². The number of rotatable bonds is 3. The molecule has 2 aromatic carbocycles. The van der Waals surface area contributed by atoms with Crippen molar-refractivity contribution in [3.05, 3.63) is 63.8 Å². The minimum Gasteiger partial charge on any atom is -0.493 e. The molecule has 1 aromatic heterocycles. The van der Waals surface area contributed by atoms with Crippen molar-refractivity contribution >= 4 is 28.4 Å². The third kappa shape index (κ3) is 3.08. The van der Waals surface area contributed by atoms with Crippen LogP contribution in [0.4, 0.5) is 0 Å². The van der Waals surface area contributed by atoms with Gasteiger partial charge >= 0.3 is 0 Å². The van der Waals surface area contributed by atoms with Gasteiger partial charge in [-0.15, -0.1) is 0 Å². The van der Waals surface area contributed by atoms with Crippen LogP contribution in [0.2, 0.25) is 5.02 Å². The average molecular weight is 381 g/mol. The molecule has 27 heavy (non-hydrogen) atoms. The van der Waals surface area contributed by atoms with E-state index in [9.17, 15) is 4.79 Å². The molecule has 1 aliphatic carbocycles. The fraction of sp³-hybridized carbons (Fsp3) is 0.318. The molecule has 2 N–H and O–H groups in total. The Morgan fingerprint density at radius 3 is 3.07 bits per heavy atom. The summed E-state index contributed by atoms with van der Waals surface area (Å²) < 4.78 is 5.61. The van der Waals surface area contributed by atoms with E-state index < -0.39 is 0 Å². The third-order valence-electron chi connectivity index (χ3n) is 5.63. The Hall–Kier alpha value is -2.46. The van der Waals surface area contributed by atoms with Crippen molar-refractivity contribution in [1.82, 2.24) is 10.3 Å². The van der Waals surface area contributed by atoms with E-state index >= 15 is 0 Å². The molecular formula is C22H21ClN2O2. The number of H-pyrrole nitrogens is 1. The van der Waals surface area contributed by atoms with E-state index in [1.807, 2.05) is 30.3 Å². The molecule has 5 heteroatoms. The molecule has 5 rings (SSSR count). The second kappa shape index (κ2) is 6.61. The van der Waals surface area contributed by atoms with Crippen LogP contribution in [0.15, 0.2) is 36.4 Å². The largest absolute Gasteiger partial charge is 0.493 e. The van der Waals surface area contributed by atoms with Gasteiger partial charge in [-0.2, -0.15) is 0 Å². The Morgan fingerprint density at radius 2 is 2.15 bits per heavy atom. The summed E-state index contributed by atoms with van der Waals surface area (Å²) in [5.74, 6) is 0.968. The van der Waals surface area contributed by atoms with Gasteiger partial charge in [0.2, 0.25) is 5.91 Å². The lowest BCUT2D eigenvalue weighted by molar-refractivity contribution is -0.121. The SMILES string of the molecule is O=C(Cc1ccc2c(c1)OCC2)N[C@@H]1CCCc2c1[nH]c1ccc(Cl)cc21. The van der Waals surface area contributed by atoms with E-state index in [1.165, 1.54) is 16.5 Å². The number of halogens is 1. The van der Waals surface area contributed by atoms with Crippen molar-refractivity contribution < 1.29 is 9.53 Å². The standard InChI is InChI=1S/C22H21ClN2O2/c23-15-6-7-18-17(12-15)16-2-1-3-19(22(16)25-18)24-21(26)11-13-4-5-14-8-9-27-20(14)10-13/h4-7,10,12,19,25H,1-3,8-9,11H2,(H,24,26)/t19-/m1/s1. The van der Waals surface area contributed by atoms with E-state index in [0.717, 1.165) is 59.8 Å². The van der Waals surface area contributed by atoms with Crippen molar-refractivity contribution in [2.24, 2.45) is 0 Å². The number of carbonyl (C=O) groups is 1. The molecule has 0 bridgehead atoms. The van der Waals surface area contributed by atoms with E-state index in [0.29, 0.717) is 6.42 Å². The molecule has 1 aliphatic heterocycles. The van der Waals surface area contributed by atoms with Gasteiger partial charge in [-0.3, -0.25) is 4.79 Å². The Labute approximate surface area is 162 Å². The number of fused-ring (bicyclic) bond motifs is 4. The molecule has 0 fully saturated rings. The summed E-state index contributed by atoms with van der Waals surface area (Å²) >= 11 is 6.18. The molecule has 138 valence electrons. The summed E-state index contributed by atoms with van der Waals surface area (Å²) in [6.45, 7) is 0.736. The highest BCUT2D eigenvalue weighted by Gasteiger charge is 2.26. The van der Waals surface area contributed by atoms with Gasteiger partial charge in [0.15, 0.2) is 0 Å². The lowest BCUT2D eigenvalue weighted by Crippen LogP contribution is -2.32. The van der Waals surface area contributed by atoms with E-state index in [1.54, 1.807) is 0 Å². The second-order valence-corrected chi connectivity index (χ2v) is 7.87. The van der Waals surface area contributed by atoms with Crippen LogP contribution in [0.3, 0.4) is 0 Å². The number of aromatic nitrogens is 1. The highest BCUT2D eigenvalue weighted by atomic mass is 35.5. The van der Waals surface area contributed by atoms with Crippen molar-refractivity contribution in [2.75, 3.05) is 6.61 Å². The van der Waals surface area contributed by atoms with Crippen molar-refractivity contribution in [1.29, 1.82) is 0 Å². The number of aromatic amines is 1. The fourth-order valence-corrected chi connectivity index (χ4v) is 4.50. The van der Waals surface area contributed by atoms with Gasteiger partial charge in [-0.25, -0.2) is 0 Å². The third-order valence-corrected chi connectivity index (χ3v) is 5.86. The first kappa shape index (κ1) is 16.7. The molecule has 0 saturated heterocycles. The number of benzene rings is 2. The van der Waals surface area contributed by atoms with Crippen LogP contribution in [0.25, 0.3) is 10.9 Å². The van der Waals surface area contributed by atoms with E-state index in [-0.39, 0.29) is 11.9 Å². The molecule has 2 heterocycles. The number of nitrogens with one attached hydrogen (secondary N) is 2. The van der Waals surface area contributed by atoms with Crippen molar-refractivity contribution in [2.45, 2.75) is 38.1 Å². The molecule has 1 atom stereocenters. The summed E-state index contributed by atoms with van der Waals surface area (Å²) in [7, 11) is 0. The molecule has 0 saturated carbocycles. The molecule has 1 amide bonds. The number of carbonyl (C=O) groups excluding carboxylic acids is 1. The summed E-state index contributed by atoms with van der Waals surface area (Å²) in [5, 5.41) is 5.14. The monoisotopic (exact) mass is 380 g/mol. The molecule has 0 spiro atoms. The first-order valence-corrected chi connectivity index (χ1v) is 9.89. The first-order chi connectivity index (χ1) is 13.2. The minimum atomic E-state index is 0.0260. The van der Waals surface area contributed by atoms with Gasteiger partial charge in [0.1, 0.15) is 5.75 Å². The minimum absolute atomic E-state index is 0.0260. The van der Waals surface area contributed by atoms with Crippen LogP contribution in [0, 0.1) is 0 Å². The Balaban J connectivity index is 1.36. The zero-order chi connectivity index (χ0) is 18.4. The van der Waals surface area contributed by atoms with Crippen LogP contribution < -0.4 is 10.1 Å². The van der Waals surface area contributed by atoms with Gasteiger partial charge in [0.05, 0.1) is 19.1 Å². The smallest absolute Gasteiger partial charge is 0.224 e. The van der Waals surface area contributed by atoms with E-state index in [4.69, 9.17) is 16.3 Å². The average Bonchev–Trinajstić information content (AvgIpc) is 3.26. The summed E-state index contributed by atoms with van der Waals surface area (Å²) in [4.78, 5) is 16.2. The van der Waals surface area contributed by atoms with Gasteiger partial charge < -0.3 is 15.0 Å². The number of hydrogen-bond donors (Lipinski definition) is 2. The maximum Gasteiger partial charge on any atom is 0.224 e. The quantitative estimate of drug-likeness (QED) is 0.703. The van der Waals surface area contributed by atoms with Crippen LogP contribution in [0.1, 0.15) is 41.3 Å². The molecular weight excluding hydrogens is 360 g/mol. The number of hydrogen-bond acceptors (Lipinski definition) is 2. The van der Waals surface area contributed by atoms with E-state index in [2.05, 4.69) is 16.4 Å². The van der Waals surface area contributed by atoms with Gasteiger partial charge in [0, 0.05) is 28.0 Å².